The maximum absolute atomic E-state index is 5.56. The molecule has 1 aromatic carbocycles. The Morgan fingerprint density at radius 3 is 2.70 bits per heavy atom. The summed E-state index contributed by atoms with van der Waals surface area (Å²) >= 11 is 1.61. The molecule has 3 rings (SSSR count). The van der Waals surface area contributed by atoms with Gasteiger partial charge in [-0.05, 0) is 34.7 Å². The Morgan fingerprint density at radius 2 is 1.95 bits per heavy atom. The van der Waals surface area contributed by atoms with Crippen molar-refractivity contribution in [1.29, 1.82) is 0 Å². The minimum Gasteiger partial charge on any atom is -0.384 e. The Balaban J connectivity index is 1.76. The average molecular weight is 284 g/mol. The lowest BCUT2D eigenvalue weighted by Gasteiger charge is -2.04. The normalized spacial score (nSPS) is 10.6. The number of aromatic nitrogens is 5. The molecule has 2 aromatic heterocycles. The van der Waals surface area contributed by atoms with Gasteiger partial charge in [-0.2, -0.15) is 4.68 Å². The van der Waals surface area contributed by atoms with E-state index in [1.165, 1.54) is 0 Å². The minimum atomic E-state index is 0.517. The molecule has 0 fully saturated rings. The molecule has 0 bridgehead atoms. The van der Waals surface area contributed by atoms with Gasteiger partial charge >= 0.3 is 0 Å². The monoisotopic (exact) mass is 284 g/mol. The molecule has 6 nitrogen and oxygen atoms in total. The van der Waals surface area contributed by atoms with E-state index in [-0.39, 0.29) is 0 Å². The lowest BCUT2D eigenvalue weighted by atomic mass is 10.3. The summed E-state index contributed by atoms with van der Waals surface area (Å²) < 4.78 is 1.73. The van der Waals surface area contributed by atoms with Gasteiger partial charge < -0.3 is 5.73 Å². The van der Waals surface area contributed by atoms with Gasteiger partial charge in [-0.3, -0.25) is 0 Å². The molecule has 2 N–H and O–H groups in total. The van der Waals surface area contributed by atoms with Gasteiger partial charge in [0.05, 0.1) is 11.4 Å². The van der Waals surface area contributed by atoms with Crippen molar-refractivity contribution >= 4 is 17.6 Å². The van der Waals surface area contributed by atoms with Crippen LogP contribution in [0.4, 0.5) is 5.82 Å². The fraction of sp³-hybridized carbons (Fsp3) is 0.0769. The van der Waals surface area contributed by atoms with Crippen LogP contribution >= 0.6 is 11.8 Å². The van der Waals surface area contributed by atoms with Crippen LogP contribution in [0.15, 0.2) is 53.6 Å². The second kappa shape index (κ2) is 5.70. The molecular formula is C13H12N6S. The summed E-state index contributed by atoms with van der Waals surface area (Å²) in [5.41, 5.74) is 6.51. The smallest absolute Gasteiger partial charge is 0.166 e. The average Bonchev–Trinajstić information content (AvgIpc) is 2.96. The fourth-order valence-electron chi connectivity index (χ4n) is 1.69. The predicted octanol–water partition coefficient (Wildman–Crippen LogP) is 1.93. The van der Waals surface area contributed by atoms with Crippen molar-refractivity contribution in [2.75, 3.05) is 5.73 Å². The molecule has 0 aliphatic heterocycles. The summed E-state index contributed by atoms with van der Waals surface area (Å²) in [6.07, 6.45) is 1.75. The predicted molar refractivity (Wildman–Crippen MR) is 77.4 cm³/mol. The highest BCUT2D eigenvalue weighted by Crippen LogP contribution is 2.22. The van der Waals surface area contributed by atoms with Gasteiger partial charge in [0.15, 0.2) is 5.82 Å². The molecule has 3 aromatic rings. The quantitative estimate of drug-likeness (QED) is 0.737. The van der Waals surface area contributed by atoms with Crippen molar-refractivity contribution in [2.45, 2.75) is 10.6 Å². The summed E-state index contributed by atoms with van der Waals surface area (Å²) in [4.78, 5) is 5.09. The summed E-state index contributed by atoms with van der Waals surface area (Å²) in [6, 6.07) is 13.5. The SMILES string of the molecule is Nc1ccc(SCc2nnnn2-c2ccccc2)cn1. The molecule has 0 atom stereocenters. The molecule has 7 heteroatoms. The molecule has 0 saturated carbocycles. The van der Waals surface area contributed by atoms with Crippen molar-refractivity contribution in [1.82, 2.24) is 25.2 Å². The van der Waals surface area contributed by atoms with E-state index >= 15 is 0 Å². The van der Waals surface area contributed by atoms with Crippen LogP contribution in [0, 0.1) is 0 Å². The molecule has 0 unspecified atom stereocenters. The topological polar surface area (TPSA) is 82.5 Å². The maximum Gasteiger partial charge on any atom is 0.166 e. The number of pyridine rings is 1. The number of nitrogen functional groups attached to an aromatic ring is 1. The molecule has 2 heterocycles. The fourth-order valence-corrected chi connectivity index (χ4v) is 2.46. The minimum absolute atomic E-state index is 0.517. The lowest BCUT2D eigenvalue weighted by Crippen LogP contribution is -2.01. The van der Waals surface area contributed by atoms with Crippen molar-refractivity contribution in [3.63, 3.8) is 0 Å². The Bertz CT molecular complexity index is 680. The zero-order chi connectivity index (χ0) is 13.8. The van der Waals surface area contributed by atoms with Crippen LogP contribution in [0.2, 0.25) is 0 Å². The van der Waals surface area contributed by atoms with E-state index < -0.39 is 0 Å². The number of thioether (sulfide) groups is 1. The van der Waals surface area contributed by atoms with E-state index in [1.807, 2.05) is 36.4 Å². The van der Waals surface area contributed by atoms with Crippen LogP contribution in [0.5, 0.6) is 0 Å². The van der Waals surface area contributed by atoms with Crippen LogP contribution in [-0.4, -0.2) is 25.2 Å². The van der Waals surface area contributed by atoms with E-state index in [1.54, 1.807) is 28.7 Å². The molecule has 0 saturated heterocycles. The van der Waals surface area contributed by atoms with Crippen LogP contribution in [0.25, 0.3) is 5.69 Å². The van der Waals surface area contributed by atoms with Gasteiger partial charge in [-0.15, -0.1) is 16.9 Å². The van der Waals surface area contributed by atoms with Gasteiger partial charge in [-0.25, -0.2) is 4.98 Å². The van der Waals surface area contributed by atoms with Gasteiger partial charge in [0.25, 0.3) is 0 Å². The highest BCUT2D eigenvalue weighted by atomic mass is 32.2. The first-order valence-corrected chi connectivity index (χ1v) is 6.98. The number of rotatable bonds is 4. The molecular weight excluding hydrogens is 272 g/mol. The molecule has 20 heavy (non-hydrogen) atoms. The number of para-hydroxylation sites is 1. The van der Waals surface area contributed by atoms with Gasteiger partial charge in [0, 0.05) is 11.1 Å². The first-order valence-electron chi connectivity index (χ1n) is 6.00. The highest BCUT2D eigenvalue weighted by Gasteiger charge is 2.08. The molecule has 0 aliphatic carbocycles. The molecule has 0 aliphatic rings. The molecule has 100 valence electrons. The van der Waals surface area contributed by atoms with Crippen LogP contribution in [0.3, 0.4) is 0 Å². The second-order valence-electron chi connectivity index (χ2n) is 4.05. The van der Waals surface area contributed by atoms with Gasteiger partial charge in [0.1, 0.15) is 5.82 Å². The standard InChI is InChI=1S/C13H12N6S/c14-12-7-6-11(8-15-12)20-9-13-16-17-18-19(13)10-4-2-1-3-5-10/h1-8H,9H2,(H2,14,15). The number of benzene rings is 1. The van der Waals surface area contributed by atoms with E-state index in [2.05, 4.69) is 20.5 Å². The zero-order valence-electron chi connectivity index (χ0n) is 10.5. The van der Waals surface area contributed by atoms with Crippen LogP contribution in [-0.2, 0) is 5.75 Å². The van der Waals surface area contributed by atoms with E-state index in [0.29, 0.717) is 11.6 Å². The van der Waals surface area contributed by atoms with Gasteiger partial charge in [-0.1, -0.05) is 18.2 Å². The number of tetrazole rings is 1. The number of hydrogen-bond donors (Lipinski definition) is 1. The number of hydrogen-bond acceptors (Lipinski definition) is 6. The first-order chi connectivity index (χ1) is 9.83. The van der Waals surface area contributed by atoms with Gasteiger partial charge in [0.2, 0.25) is 0 Å². The molecule has 0 radical (unpaired) electrons. The van der Waals surface area contributed by atoms with Crippen LogP contribution in [0.1, 0.15) is 5.82 Å². The third-order valence-electron chi connectivity index (χ3n) is 2.66. The van der Waals surface area contributed by atoms with Crippen molar-refractivity contribution < 1.29 is 0 Å². The van der Waals surface area contributed by atoms with E-state index in [0.717, 1.165) is 16.4 Å². The Kier molecular flexibility index (Phi) is 3.60. The summed E-state index contributed by atoms with van der Waals surface area (Å²) in [6.45, 7) is 0. The molecule has 0 amide bonds. The Morgan fingerprint density at radius 1 is 1.10 bits per heavy atom. The summed E-state index contributed by atoms with van der Waals surface area (Å²) in [5, 5.41) is 11.8. The molecule has 0 spiro atoms. The third kappa shape index (κ3) is 2.77. The van der Waals surface area contributed by atoms with E-state index in [4.69, 9.17) is 5.73 Å². The number of anilines is 1. The Hall–Kier alpha value is -2.41. The Labute approximate surface area is 120 Å². The number of nitrogens with zero attached hydrogens (tertiary/aromatic N) is 5. The third-order valence-corrected chi connectivity index (χ3v) is 3.64. The van der Waals surface area contributed by atoms with Crippen molar-refractivity contribution in [3.8, 4) is 5.69 Å². The number of nitrogens with two attached hydrogens (primary N) is 1. The zero-order valence-corrected chi connectivity index (χ0v) is 11.4. The van der Waals surface area contributed by atoms with E-state index in [9.17, 15) is 0 Å². The lowest BCUT2D eigenvalue weighted by molar-refractivity contribution is 0.777. The van der Waals surface area contributed by atoms with Crippen LogP contribution < -0.4 is 5.73 Å². The van der Waals surface area contributed by atoms with Crippen molar-refractivity contribution in [3.05, 3.63) is 54.5 Å². The highest BCUT2D eigenvalue weighted by molar-refractivity contribution is 7.98. The summed E-state index contributed by atoms with van der Waals surface area (Å²) in [7, 11) is 0. The maximum atomic E-state index is 5.56. The largest absolute Gasteiger partial charge is 0.384 e. The van der Waals surface area contributed by atoms with Crippen molar-refractivity contribution in [2.24, 2.45) is 0 Å². The summed E-state index contributed by atoms with van der Waals surface area (Å²) in [5.74, 6) is 1.97. The first kappa shape index (κ1) is 12.6. The second-order valence-corrected chi connectivity index (χ2v) is 5.10.